The van der Waals surface area contributed by atoms with Crippen molar-refractivity contribution >= 4 is 27.5 Å². The van der Waals surface area contributed by atoms with Crippen molar-refractivity contribution in [2.24, 2.45) is 0 Å². The summed E-state index contributed by atoms with van der Waals surface area (Å²) in [4.78, 5) is 0. The molecule has 0 saturated heterocycles. The van der Waals surface area contributed by atoms with Gasteiger partial charge in [-0.3, -0.25) is 0 Å². The SMILES string of the molecule is C=C(c1ccc(-c2cccc3c2oc2ccccc23)cc1)c1ccc2c(c1)C(C)(C)c1ccccc1-2. The van der Waals surface area contributed by atoms with Gasteiger partial charge >= 0.3 is 0 Å². The van der Waals surface area contributed by atoms with E-state index in [1.54, 1.807) is 0 Å². The lowest BCUT2D eigenvalue weighted by Gasteiger charge is -2.22. The second kappa shape index (κ2) is 7.57. The largest absolute Gasteiger partial charge is 0.455 e. The molecule has 1 aromatic heterocycles. The highest BCUT2D eigenvalue weighted by Gasteiger charge is 2.35. The minimum Gasteiger partial charge on any atom is -0.455 e. The molecule has 0 amide bonds. The van der Waals surface area contributed by atoms with E-state index in [0.29, 0.717) is 0 Å². The molecule has 1 heterocycles. The summed E-state index contributed by atoms with van der Waals surface area (Å²) in [5, 5.41) is 2.30. The van der Waals surface area contributed by atoms with Crippen molar-refractivity contribution in [3.05, 3.63) is 138 Å². The van der Waals surface area contributed by atoms with Crippen LogP contribution in [0, 0.1) is 0 Å². The van der Waals surface area contributed by atoms with Gasteiger partial charge in [0.15, 0.2) is 0 Å². The number of rotatable bonds is 3. The molecule has 5 aromatic carbocycles. The van der Waals surface area contributed by atoms with Crippen molar-refractivity contribution in [3.8, 4) is 22.3 Å². The molecule has 36 heavy (non-hydrogen) atoms. The van der Waals surface area contributed by atoms with Crippen LogP contribution in [0.25, 0.3) is 49.8 Å². The number of hydrogen-bond donors (Lipinski definition) is 0. The van der Waals surface area contributed by atoms with Crippen molar-refractivity contribution in [1.29, 1.82) is 0 Å². The van der Waals surface area contributed by atoms with Crippen molar-refractivity contribution in [2.45, 2.75) is 19.3 Å². The smallest absolute Gasteiger partial charge is 0.143 e. The molecule has 6 aromatic rings. The standard InChI is InChI=1S/C35H26O/c1-22(25-19-20-28-27-9-4-6-13-31(27)35(2,3)32(28)21-25)23-15-17-24(18-16-23)26-11-8-12-30-29-10-5-7-14-33(29)36-34(26)30/h4-21H,1H2,2-3H3. The van der Waals surface area contributed by atoms with E-state index in [1.807, 2.05) is 12.1 Å². The van der Waals surface area contributed by atoms with Crippen molar-refractivity contribution in [2.75, 3.05) is 0 Å². The van der Waals surface area contributed by atoms with Crippen LogP contribution in [-0.2, 0) is 5.41 Å². The first-order chi connectivity index (χ1) is 17.5. The molecule has 0 N–H and O–H groups in total. The predicted octanol–water partition coefficient (Wildman–Crippen LogP) is 9.62. The van der Waals surface area contributed by atoms with E-state index in [0.717, 1.165) is 44.2 Å². The fourth-order valence-corrected chi connectivity index (χ4v) is 5.88. The molecule has 1 aliphatic rings. The average molecular weight is 463 g/mol. The Kier molecular flexibility index (Phi) is 4.41. The highest BCUT2D eigenvalue weighted by atomic mass is 16.3. The maximum atomic E-state index is 6.26. The third kappa shape index (κ3) is 2.96. The molecule has 172 valence electrons. The Morgan fingerprint density at radius 1 is 0.611 bits per heavy atom. The van der Waals surface area contributed by atoms with Crippen LogP contribution in [0.2, 0.25) is 0 Å². The summed E-state index contributed by atoms with van der Waals surface area (Å²) in [6, 6.07) is 38.9. The molecule has 1 nitrogen and oxygen atoms in total. The van der Waals surface area contributed by atoms with Gasteiger partial charge in [-0.1, -0.05) is 117 Å². The lowest BCUT2D eigenvalue weighted by molar-refractivity contribution is 0.660. The van der Waals surface area contributed by atoms with Crippen molar-refractivity contribution in [1.82, 2.24) is 0 Å². The summed E-state index contributed by atoms with van der Waals surface area (Å²) < 4.78 is 6.26. The fourth-order valence-electron chi connectivity index (χ4n) is 5.88. The molecule has 0 fully saturated rings. The molecule has 0 aliphatic heterocycles. The van der Waals surface area contributed by atoms with E-state index in [4.69, 9.17) is 4.42 Å². The number of benzene rings is 5. The van der Waals surface area contributed by atoms with Gasteiger partial charge in [0.1, 0.15) is 11.2 Å². The highest BCUT2D eigenvalue weighted by Crippen LogP contribution is 2.49. The third-order valence-corrected chi connectivity index (χ3v) is 7.88. The van der Waals surface area contributed by atoms with Crippen molar-refractivity contribution in [3.63, 3.8) is 0 Å². The second-order valence-corrected chi connectivity index (χ2v) is 10.3. The third-order valence-electron chi connectivity index (χ3n) is 7.88. The van der Waals surface area contributed by atoms with Crippen LogP contribution in [0.1, 0.15) is 36.1 Å². The summed E-state index contributed by atoms with van der Waals surface area (Å²) in [5.41, 5.74) is 12.9. The molecule has 0 bridgehead atoms. The Morgan fingerprint density at radius 2 is 1.28 bits per heavy atom. The highest BCUT2D eigenvalue weighted by molar-refractivity contribution is 6.09. The molecule has 0 saturated carbocycles. The zero-order chi connectivity index (χ0) is 24.4. The van der Waals surface area contributed by atoms with Crippen LogP contribution in [0.4, 0.5) is 0 Å². The molecule has 0 unspecified atom stereocenters. The van der Waals surface area contributed by atoms with E-state index < -0.39 is 0 Å². The molecule has 0 radical (unpaired) electrons. The topological polar surface area (TPSA) is 13.1 Å². The van der Waals surface area contributed by atoms with Crippen LogP contribution in [0.15, 0.2) is 120 Å². The number of furan rings is 1. The molecule has 1 heteroatoms. The summed E-state index contributed by atoms with van der Waals surface area (Å²) in [6.45, 7) is 9.11. The summed E-state index contributed by atoms with van der Waals surface area (Å²) >= 11 is 0. The first kappa shape index (κ1) is 21.0. The minimum absolute atomic E-state index is 0.0165. The maximum Gasteiger partial charge on any atom is 0.143 e. The van der Waals surface area contributed by atoms with Gasteiger partial charge in [0.25, 0.3) is 0 Å². The zero-order valence-corrected chi connectivity index (χ0v) is 20.5. The quantitative estimate of drug-likeness (QED) is 0.255. The van der Waals surface area contributed by atoms with Crippen LogP contribution in [0.5, 0.6) is 0 Å². The van der Waals surface area contributed by atoms with Crippen LogP contribution >= 0.6 is 0 Å². The lowest BCUT2D eigenvalue weighted by atomic mass is 9.81. The molecular weight excluding hydrogens is 436 g/mol. The molecule has 1 aliphatic carbocycles. The second-order valence-electron chi connectivity index (χ2n) is 10.3. The number of para-hydroxylation sites is 2. The van der Waals surface area contributed by atoms with E-state index in [2.05, 4.69) is 117 Å². The van der Waals surface area contributed by atoms with E-state index in [-0.39, 0.29) is 5.41 Å². The van der Waals surface area contributed by atoms with Gasteiger partial charge in [0, 0.05) is 21.8 Å². The molecule has 0 spiro atoms. The van der Waals surface area contributed by atoms with Crippen molar-refractivity contribution < 1.29 is 4.42 Å². The Labute approximate surface area is 211 Å². The fraction of sp³-hybridized carbons (Fsp3) is 0.0857. The van der Waals surface area contributed by atoms with Gasteiger partial charge in [0.2, 0.25) is 0 Å². The number of fused-ring (bicyclic) bond motifs is 6. The van der Waals surface area contributed by atoms with Gasteiger partial charge < -0.3 is 4.42 Å². The van der Waals surface area contributed by atoms with Gasteiger partial charge in [-0.2, -0.15) is 0 Å². The van der Waals surface area contributed by atoms with Crippen LogP contribution in [0.3, 0.4) is 0 Å². The predicted molar refractivity (Wildman–Crippen MR) is 151 cm³/mol. The van der Waals surface area contributed by atoms with E-state index in [1.165, 1.54) is 27.8 Å². The summed E-state index contributed by atoms with van der Waals surface area (Å²) in [6.07, 6.45) is 0. The average Bonchev–Trinajstić information content (AvgIpc) is 3.41. The Balaban J connectivity index is 1.25. The van der Waals surface area contributed by atoms with Crippen LogP contribution in [-0.4, -0.2) is 0 Å². The monoisotopic (exact) mass is 462 g/mol. The van der Waals surface area contributed by atoms with Gasteiger partial charge in [-0.05, 0) is 56.6 Å². The molecule has 7 rings (SSSR count). The normalized spacial score (nSPS) is 13.6. The Bertz CT molecular complexity index is 1810. The maximum absolute atomic E-state index is 6.26. The zero-order valence-electron chi connectivity index (χ0n) is 20.5. The molecule has 0 atom stereocenters. The summed E-state index contributed by atoms with van der Waals surface area (Å²) in [7, 11) is 0. The van der Waals surface area contributed by atoms with E-state index >= 15 is 0 Å². The van der Waals surface area contributed by atoms with Gasteiger partial charge in [-0.25, -0.2) is 0 Å². The van der Waals surface area contributed by atoms with Gasteiger partial charge in [0.05, 0.1) is 0 Å². The summed E-state index contributed by atoms with van der Waals surface area (Å²) in [5.74, 6) is 0. The van der Waals surface area contributed by atoms with E-state index in [9.17, 15) is 0 Å². The minimum atomic E-state index is -0.0165. The van der Waals surface area contributed by atoms with Crippen LogP contribution < -0.4 is 0 Å². The molecular formula is C35H26O. The first-order valence-electron chi connectivity index (χ1n) is 12.5. The Hall–Kier alpha value is -4.36. The first-order valence-corrected chi connectivity index (χ1v) is 12.5. The Morgan fingerprint density at radius 3 is 2.14 bits per heavy atom. The van der Waals surface area contributed by atoms with Gasteiger partial charge in [-0.15, -0.1) is 0 Å². The lowest BCUT2D eigenvalue weighted by Crippen LogP contribution is -2.15. The number of hydrogen-bond acceptors (Lipinski definition) is 1.